The SMILES string of the molecule is O=C(CN1CCCC1=O)Nc1cccc(OCc2ccc(Br)cc2)c1. The largest absolute Gasteiger partial charge is 0.489 e. The van der Waals surface area contributed by atoms with E-state index in [0.717, 1.165) is 16.5 Å². The van der Waals surface area contributed by atoms with E-state index in [0.29, 0.717) is 31.0 Å². The predicted molar refractivity (Wildman–Crippen MR) is 99.4 cm³/mol. The molecule has 3 rings (SSSR count). The second-order valence-corrected chi connectivity index (χ2v) is 6.83. The molecule has 2 aromatic carbocycles. The Labute approximate surface area is 155 Å². The lowest BCUT2D eigenvalue weighted by atomic mass is 10.2. The van der Waals surface area contributed by atoms with E-state index in [1.54, 1.807) is 17.0 Å². The van der Waals surface area contributed by atoms with E-state index in [2.05, 4.69) is 21.2 Å². The third kappa shape index (κ3) is 5.06. The lowest BCUT2D eigenvalue weighted by molar-refractivity contribution is -0.131. The topological polar surface area (TPSA) is 58.6 Å². The molecular weight excluding hydrogens is 384 g/mol. The van der Waals surface area contributed by atoms with Crippen molar-refractivity contribution in [2.45, 2.75) is 19.4 Å². The molecule has 0 aromatic heterocycles. The molecule has 0 unspecified atom stereocenters. The third-order valence-corrected chi connectivity index (χ3v) is 4.47. The first-order valence-electron chi connectivity index (χ1n) is 8.15. The van der Waals surface area contributed by atoms with Crippen LogP contribution in [0.1, 0.15) is 18.4 Å². The van der Waals surface area contributed by atoms with Gasteiger partial charge in [-0.1, -0.05) is 34.1 Å². The highest BCUT2D eigenvalue weighted by Gasteiger charge is 2.22. The Morgan fingerprint density at radius 1 is 1.20 bits per heavy atom. The van der Waals surface area contributed by atoms with Gasteiger partial charge in [-0.2, -0.15) is 0 Å². The average Bonchev–Trinajstić information content (AvgIpc) is 2.99. The molecule has 1 heterocycles. The number of nitrogens with zero attached hydrogens (tertiary/aromatic N) is 1. The molecule has 6 heteroatoms. The first kappa shape index (κ1) is 17.5. The summed E-state index contributed by atoms with van der Waals surface area (Å²) in [7, 11) is 0. The van der Waals surface area contributed by atoms with Crippen molar-refractivity contribution >= 4 is 33.4 Å². The van der Waals surface area contributed by atoms with Crippen LogP contribution in [-0.4, -0.2) is 29.8 Å². The summed E-state index contributed by atoms with van der Waals surface area (Å²) >= 11 is 3.40. The molecule has 0 saturated carbocycles. The third-order valence-electron chi connectivity index (χ3n) is 3.94. The summed E-state index contributed by atoms with van der Waals surface area (Å²) in [6, 6.07) is 15.2. The molecule has 0 bridgehead atoms. The van der Waals surface area contributed by atoms with Crippen molar-refractivity contribution in [3.63, 3.8) is 0 Å². The lowest BCUT2D eigenvalue weighted by Crippen LogP contribution is -2.33. The Bertz CT molecular complexity index is 762. The molecule has 2 amide bonds. The number of halogens is 1. The molecule has 0 radical (unpaired) electrons. The summed E-state index contributed by atoms with van der Waals surface area (Å²) in [4.78, 5) is 25.3. The summed E-state index contributed by atoms with van der Waals surface area (Å²) in [6.45, 7) is 1.21. The smallest absolute Gasteiger partial charge is 0.243 e. The minimum absolute atomic E-state index is 0.0433. The van der Waals surface area contributed by atoms with Gasteiger partial charge in [0.05, 0.1) is 6.54 Å². The Balaban J connectivity index is 1.54. The highest BCUT2D eigenvalue weighted by molar-refractivity contribution is 9.10. The molecule has 1 N–H and O–H groups in total. The number of hydrogen-bond acceptors (Lipinski definition) is 3. The van der Waals surface area contributed by atoms with Crippen LogP contribution in [0.4, 0.5) is 5.69 Å². The van der Waals surface area contributed by atoms with Gasteiger partial charge >= 0.3 is 0 Å². The van der Waals surface area contributed by atoms with Gasteiger partial charge < -0.3 is 15.0 Å². The Hall–Kier alpha value is -2.34. The zero-order valence-corrected chi connectivity index (χ0v) is 15.3. The van der Waals surface area contributed by atoms with Crippen LogP contribution in [0, 0.1) is 0 Å². The van der Waals surface area contributed by atoms with Gasteiger partial charge in [0.15, 0.2) is 0 Å². The maximum absolute atomic E-state index is 12.1. The van der Waals surface area contributed by atoms with E-state index in [4.69, 9.17) is 4.74 Å². The summed E-state index contributed by atoms with van der Waals surface area (Å²) < 4.78 is 6.80. The first-order valence-corrected chi connectivity index (χ1v) is 8.94. The maximum atomic E-state index is 12.1. The summed E-state index contributed by atoms with van der Waals surface area (Å²) in [6.07, 6.45) is 1.36. The van der Waals surface area contributed by atoms with Gasteiger partial charge in [-0.25, -0.2) is 0 Å². The number of likely N-dealkylation sites (tertiary alicyclic amines) is 1. The minimum atomic E-state index is -0.194. The van der Waals surface area contributed by atoms with Crippen LogP contribution in [0.3, 0.4) is 0 Å². The van der Waals surface area contributed by atoms with E-state index in [1.807, 2.05) is 36.4 Å². The summed E-state index contributed by atoms with van der Waals surface area (Å²) in [5, 5.41) is 2.82. The molecule has 1 saturated heterocycles. The van der Waals surface area contributed by atoms with Crippen LogP contribution in [0.25, 0.3) is 0 Å². The van der Waals surface area contributed by atoms with Gasteiger partial charge in [-0.05, 0) is 36.2 Å². The molecule has 0 aliphatic carbocycles. The van der Waals surface area contributed by atoms with E-state index in [9.17, 15) is 9.59 Å². The van der Waals surface area contributed by atoms with Crippen molar-refractivity contribution in [3.05, 3.63) is 58.6 Å². The minimum Gasteiger partial charge on any atom is -0.489 e. The van der Waals surface area contributed by atoms with Gasteiger partial charge in [0.1, 0.15) is 12.4 Å². The average molecular weight is 403 g/mol. The van der Waals surface area contributed by atoms with Crippen LogP contribution in [-0.2, 0) is 16.2 Å². The summed E-state index contributed by atoms with van der Waals surface area (Å²) in [5.74, 6) is 0.528. The number of anilines is 1. The van der Waals surface area contributed by atoms with Gasteiger partial charge in [0.25, 0.3) is 0 Å². The molecule has 1 fully saturated rings. The number of hydrogen-bond donors (Lipinski definition) is 1. The van der Waals surface area contributed by atoms with Gasteiger partial charge in [-0.15, -0.1) is 0 Å². The Morgan fingerprint density at radius 3 is 2.72 bits per heavy atom. The second kappa shape index (κ2) is 8.16. The number of carbonyl (C=O) groups excluding carboxylic acids is 2. The Morgan fingerprint density at radius 2 is 2.00 bits per heavy atom. The monoisotopic (exact) mass is 402 g/mol. The number of benzene rings is 2. The van der Waals surface area contributed by atoms with Crippen LogP contribution in [0.2, 0.25) is 0 Å². The Kier molecular flexibility index (Phi) is 5.71. The van der Waals surface area contributed by atoms with Crippen molar-refractivity contribution in [1.29, 1.82) is 0 Å². The van der Waals surface area contributed by atoms with E-state index < -0.39 is 0 Å². The normalized spacial score (nSPS) is 13.8. The number of ether oxygens (including phenoxy) is 1. The van der Waals surface area contributed by atoms with E-state index in [-0.39, 0.29) is 18.4 Å². The van der Waals surface area contributed by atoms with Crippen molar-refractivity contribution in [1.82, 2.24) is 4.90 Å². The number of nitrogens with one attached hydrogen (secondary N) is 1. The molecule has 2 aromatic rings. The molecular formula is C19H19BrN2O3. The highest BCUT2D eigenvalue weighted by atomic mass is 79.9. The molecule has 25 heavy (non-hydrogen) atoms. The zero-order chi connectivity index (χ0) is 17.6. The van der Waals surface area contributed by atoms with Crippen molar-refractivity contribution in [3.8, 4) is 5.75 Å². The molecule has 0 spiro atoms. The predicted octanol–water partition coefficient (Wildman–Crippen LogP) is 3.59. The first-order chi connectivity index (χ1) is 12.1. The standard InChI is InChI=1S/C19H19BrN2O3/c20-15-8-6-14(7-9-15)13-25-17-4-1-3-16(11-17)21-18(23)12-22-10-2-5-19(22)24/h1,3-4,6-9,11H,2,5,10,12-13H2,(H,21,23). The number of carbonyl (C=O) groups is 2. The van der Waals surface area contributed by atoms with E-state index >= 15 is 0 Å². The highest BCUT2D eigenvalue weighted by Crippen LogP contribution is 2.19. The van der Waals surface area contributed by atoms with Crippen molar-refractivity contribution in [2.75, 3.05) is 18.4 Å². The summed E-state index contributed by atoms with van der Waals surface area (Å²) in [5.41, 5.74) is 1.72. The van der Waals surface area contributed by atoms with Gasteiger partial charge in [0.2, 0.25) is 11.8 Å². The number of amides is 2. The molecule has 1 aliphatic rings. The molecule has 5 nitrogen and oxygen atoms in total. The van der Waals surface area contributed by atoms with Crippen LogP contribution in [0.5, 0.6) is 5.75 Å². The van der Waals surface area contributed by atoms with Crippen LogP contribution < -0.4 is 10.1 Å². The fraction of sp³-hybridized carbons (Fsp3) is 0.263. The number of rotatable bonds is 6. The fourth-order valence-corrected chi connectivity index (χ4v) is 2.92. The van der Waals surface area contributed by atoms with Crippen molar-refractivity contribution in [2.24, 2.45) is 0 Å². The second-order valence-electron chi connectivity index (χ2n) is 5.91. The maximum Gasteiger partial charge on any atom is 0.243 e. The lowest BCUT2D eigenvalue weighted by Gasteiger charge is -2.15. The molecule has 1 aliphatic heterocycles. The molecule has 130 valence electrons. The molecule has 0 atom stereocenters. The van der Waals surface area contributed by atoms with E-state index in [1.165, 1.54) is 0 Å². The van der Waals surface area contributed by atoms with Crippen LogP contribution in [0.15, 0.2) is 53.0 Å². The zero-order valence-electron chi connectivity index (χ0n) is 13.7. The van der Waals surface area contributed by atoms with Crippen molar-refractivity contribution < 1.29 is 14.3 Å². The van der Waals surface area contributed by atoms with Gasteiger partial charge in [0, 0.05) is 29.2 Å². The van der Waals surface area contributed by atoms with Gasteiger partial charge in [-0.3, -0.25) is 9.59 Å². The fourth-order valence-electron chi connectivity index (χ4n) is 2.66. The van der Waals surface area contributed by atoms with Crippen LogP contribution >= 0.6 is 15.9 Å². The quantitative estimate of drug-likeness (QED) is 0.802.